The fourth-order valence-electron chi connectivity index (χ4n) is 1.46. The number of nitrogens with zero attached hydrogens (tertiary/aromatic N) is 3. The molecular formula is C10H19N5O. The Labute approximate surface area is 95.2 Å². The van der Waals surface area contributed by atoms with Gasteiger partial charge in [0.05, 0.1) is 0 Å². The Kier molecular flexibility index (Phi) is 4.28. The molecule has 90 valence electrons. The van der Waals surface area contributed by atoms with E-state index < -0.39 is 0 Å². The molecular weight excluding hydrogens is 206 g/mol. The maximum absolute atomic E-state index is 11.8. The molecule has 3 N–H and O–H groups in total. The van der Waals surface area contributed by atoms with Gasteiger partial charge >= 0.3 is 0 Å². The first-order valence-electron chi connectivity index (χ1n) is 5.51. The summed E-state index contributed by atoms with van der Waals surface area (Å²) in [7, 11) is 0. The summed E-state index contributed by atoms with van der Waals surface area (Å²) in [6.45, 7) is 5.84. The summed E-state index contributed by atoms with van der Waals surface area (Å²) in [5.41, 5.74) is 5.39. The summed E-state index contributed by atoms with van der Waals surface area (Å²) >= 11 is 0. The van der Waals surface area contributed by atoms with Crippen LogP contribution in [0, 0.1) is 0 Å². The van der Waals surface area contributed by atoms with Crippen molar-refractivity contribution in [1.29, 1.82) is 0 Å². The normalized spacial score (nSPS) is 14.4. The second kappa shape index (κ2) is 5.48. The van der Waals surface area contributed by atoms with Gasteiger partial charge in [-0.3, -0.25) is 4.79 Å². The highest BCUT2D eigenvalue weighted by Crippen LogP contribution is 2.05. The molecule has 1 heterocycles. The Morgan fingerprint density at radius 2 is 2.31 bits per heavy atom. The van der Waals surface area contributed by atoms with Crippen molar-refractivity contribution in [1.82, 2.24) is 20.1 Å². The number of rotatable bonds is 5. The molecule has 0 aliphatic heterocycles. The van der Waals surface area contributed by atoms with Crippen LogP contribution in [0.15, 0.2) is 6.33 Å². The van der Waals surface area contributed by atoms with E-state index >= 15 is 0 Å². The van der Waals surface area contributed by atoms with Gasteiger partial charge in [0.25, 0.3) is 0 Å². The summed E-state index contributed by atoms with van der Waals surface area (Å²) < 4.78 is 1.46. The van der Waals surface area contributed by atoms with Crippen LogP contribution in [0.1, 0.15) is 39.7 Å². The zero-order chi connectivity index (χ0) is 12.1. The average Bonchev–Trinajstić information content (AvgIpc) is 2.64. The van der Waals surface area contributed by atoms with Crippen LogP contribution in [0.2, 0.25) is 0 Å². The van der Waals surface area contributed by atoms with Gasteiger partial charge in [0.15, 0.2) is 0 Å². The topological polar surface area (TPSA) is 85.8 Å². The van der Waals surface area contributed by atoms with Gasteiger partial charge in [0, 0.05) is 6.04 Å². The van der Waals surface area contributed by atoms with Crippen LogP contribution >= 0.6 is 0 Å². The van der Waals surface area contributed by atoms with E-state index in [1.54, 1.807) is 6.92 Å². The number of carbonyl (C=O) groups is 1. The maximum Gasteiger partial charge on any atom is 0.244 e. The highest BCUT2D eigenvalue weighted by atomic mass is 16.2. The summed E-state index contributed by atoms with van der Waals surface area (Å²) in [5, 5.41) is 6.83. The SMILES string of the molecule is CCCC(C)NC(=O)C(C)n1cnc(N)n1. The number of anilines is 1. The Balaban J connectivity index is 2.54. The first-order chi connectivity index (χ1) is 7.54. The molecule has 16 heavy (non-hydrogen) atoms. The standard InChI is InChI=1S/C10H19N5O/c1-4-5-7(2)13-9(16)8(3)15-6-12-10(11)14-15/h6-8H,4-5H2,1-3H3,(H2,11,14)(H,13,16). The molecule has 6 heteroatoms. The molecule has 1 aromatic heterocycles. The van der Waals surface area contributed by atoms with Gasteiger partial charge in [-0.15, -0.1) is 5.10 Å². The van der Waals surface area contributed by atoms with Gasteiger partial charge in [-0.1, -0.05) is 13.3 Å². The van der Waals surface area contributed by atoms with Crippen LogP contribution in [0.3, 0.4) is 0 Å². The molecule has 0 aromatic carbocycles. The summed E-state index contributed by atoms with van der Waals surface area (Å²) in [6, 6.07) is -0.204. The van der Waals surface area contributed by atoms with E-state index in [0.717, 1.165) is 12.8 Å². The quantitative estimate of drug-likeness (QED) is 0.773. The lowest BCUT2D eigenvalue weighted by atomic mass is 10.2. The number of nitrogen functional groups attached to an aromatic ring is 1. The largest absolute Gasteiger partial charge is 0.367 e. The molecule has 0 aliphatic carbocycles. The lowest BCUT2D eigenvalue weighted by Crippen LogP contribution is -2.37. The molecule has 1 aromatic rings. The van der Waals surface area contributed by atoms with Gasteiger partial charge in [0.2, 0.25) is 11.9 Å². The molecule has 0 saturated heterocycles. The smallest absolute Gasteiger partial charge is 0.244 e. The van der Waals surface area contributed by atoms with E-state index in [1.807, 2.05) is 6.92 Å². The maximum atomic E-state index is 11.8. The Morgan fingerprint density at radius 3 is 2.81 bits per heavy atom. The molecule has 1 amide bonds. The Morgan fingerprint density at radius 1 is 1.62 bits per heavy atom. The fourth-order valence-corrected chi connectivity index (χ4v) is 1.46. The minimum absolute atomic E-state index is 0.0640. The third-order valence-corrected chi connectivity index (χ3v) is 2.41. The van der Waals surface area contributed by atoms with E-state index in [-0.39, 0.29) is 23.9 Å². The molecule has 0 spiro atoms. The van der Waals surface area contributed by atoms with Crippen LogP contribution in [0.4, 0.5) is 5.95 Å². The number of aromatic nitrogens is 3. The van der Waals surface area contributed by atoms with Crippen LogP contribution in [-0.2, 0) is 4.79 Å². The monoisotopic (exact) mass is 225 g/mol. The highest BCUT2D eigenvalue weighted by molar-refractivity contribution is 5.80. The second-order valence-electron chi connectivity index (χ2n) is 3.96. The number of carbonyl (C=O) groups excluding carboxylic acids is 1. The van der Waals surface area contributed by atoms with Crippen molar-refractivity contribution in [2.24, 2.45) is 0 Å². The third kappa shape index (κ3) is 3.22. The zero-order valence-electron chi connectivity index (χ0n) is 9.97. The van der Waals surface area contributed by atoms with Crippen molar-refractivity contribution in [3.05, 3.63) is 6.33 Å². The summed E-state index contributed by atoms with van der Waals surface area (Å²) in [6.07, 6.45) is 3.48. The van der Waals surface area contributed by atoms with Gasteiger partial charge < -0.3 is 11.1 Å². The van der Waals surface area contributed by atoms with E-state index in [4.69, 9.17) is 5.73 Å². The van der Waals surface area contributed by atoms with Gasteiger partial charge in [-0.25, -0.2) is 9.67 Å². The average molecular weight is 225 g/mol. The number of hydrogen-bond donors (Lipinski definition) is 2. The first-order valence-corrected chi connectivity index (χ1v) is 5.51. The molecule has 2 atom stereocenters. The molecule has 0 bridgehead atoms. The number of nitrogens with two attached hydrogens (primary N) is 1. The van der Waals surface area contributed by atoms with Gasteiger partial charge in [0.1, 0.15) is 12.4 Å². The van der Waals surface area contributed by atoms with Crippen molar-refractivity contribution in [2.75, 3.05) is 5.73 Å². The fraction of sp³-hybridized carbons (Fsp3) is 0.700. The number of nitrogens with one attached hydrogen (secondary N) is 1. The third-order valence-electron chi connectivity index (χ3n) is 2.41. The Bertz CT molecular complexity index is 349. The predicted molar refractivity (Wildman–Crippen MR) is 61.7 cm³/mol. The van der Waals surface area contributed by atoms with Crippen LogP contribution < -0.4 is 11.1 Å². The number of amides is 1. The zero-order valence-corrected chi connectivity index (χ0v) is 9.97. The molecule has 6 nitrogen and oxygen atoms in total. The van der Waals surface area contributed by atoms with Gasteiger partial charge in [-0.05, 0) is 20.3 Å². The second-order valence-corrected chi connectivity index (χ2v) is 3.96. The van der Waals surface area contributed by atoms with Crippen LogP contribution in [-0.4, -0.2) is 26.7 Å². The van der Waals surface area contributed by atoms with E-state index in [9.17, 15) is 4.79 Å². The molecule has 0 saturated carbocycles. The van der Waals surface area contributed by atoms with Gasteiger partial charge in [-0.2, -0.15) is 0 Å². The Hall–Kier alpha value is -1.59. The van der Waals surface area contributed by atoms with E-state index in [0.29, 0.717) is 0 Å². The lowest BCUT2D eigenvalue weighted by molar-refractivity contribution is -0.124. The predicted octanol–water partition coefficient (Wildman–Crippen LogP) is 0.726. The van der Waals surface area contributed by atoms with Crippen molar-refractivity contribution < 1.29 is 4.79 Å². The minimum Gasteiger partial charge on any atom is -0.367 e. The van der Waals surface area contributed by atoms with E-state index in [1.165, 1.54) is 11.0 Å². The first kappa shape index (κ1) is 12.5. The molecule has 2 unspecified atom stereocenters. The molecule has 0 aliphatic rings. The number of hydrogen-bond acceptors (Lipinski definition) is 4. The van der Waals surface area contributed by atoms with E-state index in [2.05, 4.69) is 22.3 Å². The minimum atomic E-state index is -0.385. The van der Waals surface area contributed by atoms with Crippen molar-refractivity contribution in [3.8, 4) is 0 Å². The molecule has 1 rings (SSSR count). The van der Waals surface area contributed by atoms with Crippen molar-refractivity contribution in [3.63, 3.8) is 0 Å². The highest BCUT2D eigenvalue weighted by Gasteiger charge is 2.17. The summed E-state index contributed by atoms with van der Waals surface area (Å²) in [4.78, 5) is 15.6. The van der Waals surface area contributed by atoms with Crippen LogP contribution in [0.5, 0.6) is 0 Å². The van der Waals surface area contributed by atoms with Crippen molar-refractivity contribution >= 4 is 11.9 Å². The molecule has 0 radical (unpaired) electrons. The van der Waals surface area contributed by atoms with Crippen LogP contribution in [0.25, 0.3) is 0 Å². The lowest BCUT2D eigenvalue weighted by Gasteiger charge is -2.16. The van der Waals surface area contributed by atoms with Crippen molar-refractivity contribution in [2.45, 2.75) is 45.7 Å². The summed E-state index contributed by atoms with van der Waals surface area (Å²) in [5.74, 6) is 0.118. The molecule has 0 fully saturated rings.